The highest BCUT2D eigenvalue weighted by Gasteiger charge is 2.12. The quantitative estimate of drug-likeness (QED) is 0.643. The minimum Gasteiger partial charge on any atom is -0.495 e. The molecule has 0 aliphatic rings. The van der Waals surface area contributed by atoms with E-state index in [1.807, 2.05) is 13.0 Å². The molecule has 0 aliphatic heterocycles. The Hall–Kier alpha value is -3.56. The van der Waals surface area contributed by atoms with Crippen LogP contribution in [0, 0.1) is 18.3 Å². The van der Waals surface area contributed by atoms with Crippen LogP contribution in [0.1, 0.15) is 21.5 Å². The van der Waals surface area contributed by atoms with Crippen LogP contribution in [0.15, 0.2) is 54.7 Å². The number of nitrogens with zero attached hydrogens (tertiary/aromatic N) is 2. The molecule has 0 radical (unpaired) electrons. The molecule has 0 spiro atoms. The number of pyridine rings is 1. The summed E-state index contributed by atoms with van der Waals surface area (Å²) in [6, 6.07) is 15.9. The number of hydrogen-bond acceptors (Lipinski definition) is 5. The van der Waals surface area contributed by atoms with E-state index in [1.54, 1.807) is 42.5 Å². The molecule has 0 fully saturated rings. The van der Waals surface area contributed by atoms with E-state index in [0.717, 1.165) is 11.3 Å². The number of aromatic nitrogens is 1. The minimum atomic E-state index is -0.314. The Morgan fingerprint density at radius 1 is 1.21 bits per heavy atom. The Balaban J connectivity index is 1.74. The first kappa shape index (κ1) is 19.2. The molecule has 3 rings (SSSR count). The minimum absolute atomic E-state index is 0.314. The van der Waals surface area contributed by atoms with E-state index in [9.17, 15) is 4.79 Å². The van der Waals surface area contributed by atoms with Crippen LogP contribution >= 0.6 is 11.6 Å². The molecule has 140 valence electrons. The van der Waals surface area contributed by atoms with Gasteiger partial charge in [0, 0.05) is 23.0 Å². The second-order valence-electron chi connectivity index (χ2n) is 6.01. The number of aryl methyl sites for hydroxylation is 1. The maximum Gasteiger partial charge on any atom is 0.257 e. The van der Waals surface area contributed by atoms with Crippen molar-refractivity contribution in [2.75, 3.05) is 17.7 Å². The average Bonchev–Trinajstić information content (AvgIpc) is 2.71. The molecule has 1 heterocycles. The maximum absolute atomic E-state index is 12.5. The number of methoxy groups -OCH3 is 1. The van der Waals surface area contributed by atoms with Gasteiger partial charge in [-0.2, -0.15) is 5.26 Å². The van der Waals surface area contributed by atoms with Gasteiger partial charge in [-0.05, 0) is 48.9 Å². The number of benzene rings is 2. The summed E-state index contributed by atoms with van der Waals surface area (Å²) in [5, 5.41) is 15.4. The topological polar surface area (TPSA) is 87.0 Å². The molecule has 0 saturated heterocycles. The van der Waals surface area contributed by atoms with Crippen molar-refractivity contribution in [1.29, 1.82) is 5.26 Å². The van der Waals surface area contributed by atoms with Crippen LogP contribution in [-0.4, -0.2) is 18.0 Å². The molecular weight excluding hydrogens is 376 g/mol. The van der Waals surface area contributed by atoms with Crippen LogP contribution in [0.5, 0.6) is 5.75 Å². The second-order valence-corrected chi connectivity index (χ2v) is 6.41. The number of nitriles is 1. The van der Waals surface area contributed by atoms with Gasteiger partial charge in [-0.25, -0.2) is 4.98 Å². The third-order valence-corrected chi connectivity index (χ3v) is 4.43. The van der Waals surface area contributed by atoms with Crippen molar-refractivity contribution in [2.45, 2.75) is 6.92 Å². The summed E-state index contributed by atoms with van der Waals surface area (Å²) in [5.41, 5.74) is 3.05. The monoisotopic (exact) mass is 392 g/mol. The highest BCUT2D eigenvalue weighted by atomic mass is 35.5. The Kier molecular flexibility index (Phi) is 5.78. The smallest absolute Gasteiger partial charge is 0.257 e. The standard InChI is InChI=1S/C21H17ClN4O2/c1-13-8-18(19(28-2)10-17(13)22)26-21(27)15-6-7-20(24-12-15)25-16-5-3-4-14(9-16)11-23/h3-10,12H,1-2H3,(H,24,25)(H,26,27). The Morgan fingerprint density at radius 3 is 2.71 bits per heavy atom. The van der Waals surface area contributed by atoms with Crippen molar-refractivity contribution < 1.29 is 9.53 Å². The van der Waals surface area contributed by atoms with E-state index in [1.165, 1.54) is 13.3 Å². The van der Waals surface area contributed by atoms with Crippen LogP contribution in [0.4, 0.5) is 17.2 Å². The zero-order valence-electron chi connectivity index (χ0n) is 15.3. The second kappa shape index (κ2) is 8.42. The van der Waals surface area contributed by atoms with E-state index < -0.39 is 0 Å². The van der Waals surface area contributed by atoms with Gasteiger partial charge in [0.1, 0.15) is 11.6 Å². The van der Waals surface area contributed by atoms with E-state index in [2.05, 4.69) is 21.7 Å². The molecule has 1 amide bonds. The number of rotatable bonds is 5. The molecule has 28 heavy (non-hydrogen) atoms. The SMILES string of the molecule is COc1cc(Cl)c(C)cc1NC(=O)c1ccc(Nc2cccc(C#N)c2)nc1. The van der Waals surface area contributed by atoms with Crippen molar-refractivity contribution in [1.82, 2.24) is 4.98 Å². The summed E-state index contributed by atoms with van der Waals surface area (Å²) in [5.74, 6) is 0.727. The third-order valence-electron chi connectivity index (χ3n) is 4.02. The molecule has 0 atom stereocenters. The van der Waals surface area contributed by atoms with Gasteiger partial charge in [-0.15, -0.1) is 0 Å². The first-order chi connectivity index (χ1) is 13.5. The van der Waals surface area contributed by atoms with Crippen LogP contribution in [0.25, 0.3) is 0 Å². The summed E-state index contributed by atoms with van der Waals surface area (Å²) in [4.78, 5) is 16.8. The van der Waals surface area contributed by atoms with E-state index in [4.69, 9.17) is 21.6 Å². The van der Waals surface area contributed by atoms with Gasteiger partial charge in [0.2, 0.25) is 0 Å². The molecule has 0 aliphatic carbocycles. The van der Waals surface area contributed by atoms with E-state index in [0.29, 0.717) is 33.4 Å². The summed E-state index contributed by atoms with van der Waals surface area (Å²) in [6.45, 7) is 1.85. The van der Waals surface area contributed by atoms with Crippen molar-refractivity contribution in [3.8, 4) is 11.8 Å². The fraction of sp³-hybridized carbons (Fsp3) is 0.0952. The molecule has 7 heteroatoms. The molecule has 0 bridgehead atoms. The molecule has 3 aromatic rings. The van der Waals surface area contributed by atoms with Crippen molar-refractivity contribution >= 4 is 34.7 Å². The van der Waals surface area contributed by atoms with Crippen LogP contribution in [0.2, 0.25) is 5.02 Å². The van der Waals surface area contributed by atoms with Crippen LogP contribution in [0.3, 0.4) is 0 Å². The lowest BCUT2D eigenvalue weighted by molar-refractivity contribution is 0.102. The molecule has 1 aromatic heterocycles. The predicted molar refractivity (Wildman–Crippen MR) is 109 cm³/mol. The number of carbonyl (C=O) groups is 1. The maximum atomic E-state index is 12.5. The molecule has 2 aromatic carbocycles. The Labute approximate surface area is 167 Å². The van der Waals surface area contributed by atoms with Crippen molar-refractivity contribution in [3.63, 3.8) is 0 Å². The zero-order valence-corrected chi connectivity index (χ0v) is 16.0. The first-order valence-electron chi connectivity index (χ1n) is 8.39. The number of anilines is 3. The van der Waals surface area contributed by atoms with Gasteiger partial charge in [0.25, 0.3) is 5.91 Å². The van der Waals surface area contributed by atoms with E-state index in [-0.39, 0.29) is 5.91 Å². The van der Waals surface area contributed by atoms with Gasteiger partial charge in [-0.3, -0.25) is 4.79 Å². The Bertz CT molecular complexity index is 1060. The van der Waals surface area contributed by atoms with Gasteiger partial charge in [-0.1, -0.05) is 17.7 Å². The third kappa shape index (κ3) is 4.40. The Morgan fingerprint density at radius 2 is 2.04 bits per heavy atom. The predicted octanol–water partition coefficient (Wildman–Crippen LogP) is 4.92. The highest BCUT2D eigenvalue weighted by molar-refractivity contribution is 6.31. The van der Waals surface area contributed by atoms with Gasteiger partial charge in [0.15, 0.2) is 0 Å². The molecule has 6 nitrogen and oxygen atoms in total. The number of halogens is 1. The van der Waals surface area contributed by atoms with Gasteiger partial charge >= 0.3 is 0 Å². The van der Waals surface area contributed by atoms with Crippen LogP contribution < -0.4 is 15.4 Å². The lowest BCUT2D eigenvalue weighted by Gasteiger charge is -2.12. The highest BCUT2D eigenvalue weighted by Crippen LogP contribution is 2.31. The zero-order chi connectivity index (χ0) is 20.1. The summed E-state index contributed by atoms with van der Waals surface area (Å²) in [6.07, 6.45) is 1.47. The molecular formula is C21H17ClN4O2. The number of carbonyl (C=O) groups excluding carboxylic acids is 1. The van der Waals surface area contributed by atoms with Crippen molar-refractivity contribution in [3.05, 3.63) is 76.4 Å². The van der Waals surface area contributed by atoms with Crippen LogP contribution in [-0.2, 0) is 0 Å². The van der Waals surface area contributed by atoms with E-state index >= 15 is 0 Å². The number of nitrogens with one attached hydrogen (secondary N) is 2. The molecule has 0 unspecified atom stereocenters. The summed E-state index contributed by atoms with van der Waals surface area (Å²) < 4.78 is 5.27. The summed E-state index contributed by atoms with van der Waals surface area (Å²) in [7, 11) is 1.51. The fourth-order valence-electron chi connectivity index (χ4n) is 2.54. The normalized spacial score (nSPS) is 10.1. The number of amides is 1. The fourth-order valence-corrected chi connectivity index (χ4v) is 2.69. The summed E-state index contributed by atoms with van der Waals surface area (Å²) >= 11 is 6.09. The van der Waals surface area contributed by atoms with Crippen molar-refractivity contribution in [2.24, 2.45) is 0 Å². The van der Waals surface area contributed by atoms with Gasteiger partial charge < -0.3 is 15.4 Å². The lowest BCUT2D eigenvalue weighted by Crippen LogP contribution is -2.13. The lowest BCUT2D eigenvalue weighted by atomic mass is 10.2. The first-order valence-corrected chi connectivity index (χ1v) is 8.76. The molecule has 0 saturated carbocycles. The molecule has 2 N–H and O–H groups in total. The average molecular weight is 393 g/mol. The number of hydrogen-bond donors (Lipinski definition) is 2. The van der Waals surface area contributed by atoms with Gasteiger partial charge in [0.05, 0.1) is 30.0 Å². The largest absolute Gasteiger partial charge is 0.495 e. The number of ether oxygens (including phenoxy) is 1.